The molecule has 0 unspecified atom stereocenters. The third kappa shape index (κ3) is 6.08. The smallest absolute Gasteiger partial charge is 0.260 e. The fraction of sp³-hybridized carbons (Fsp3) is 0.375. The van der Waals surface area contributed by atoms with E-state index in [2.05, 4.69) is 22.0 Å². The van der Waals surface area contributed by atoms with Crippen LogP contribution in [0.5, 0.6) is 5.75 Å². The molecule has 1 fully saturated rings. The van der Waals surface area contributed by atoms with Gasteiger partial charge < -0.3 is 14.2 Å². The number of carbonyl (C=O) groups is 1. The third-order valence-corrected chi connectivity index (χ3v) is 5.80. The lowest BCUT2D eigenvalue weighted by molar-refractivity contribution is -0.135. The van der Waals surface area contributed by atoms with E-state index in [0.717, 1.165) is 38.0 Å². The molecule has 2 aromatic carbocycles. The van der Waals surface area contributed by atoms with E-state index in [4.69, 9.17) is 20.9 Å². The number of halogens is 1. The van der Waals surface area contributed by atoms with Gasteiger partial charge in [-0.15, -0.1) is 0 Å². The maximum Gasteiger partial charge on any atom is 0.260 e. The van der Waals surface area contributed by atoms with Crippen molar-refractivity contribution in [1.29, 1.82) is 0 Å². The Bertz CT molecular complexity index is 1010. The van der Waals surface area contributed by atoms with Crippen LogP contribution in [0.1, 0.15) is 17.9 Å². The van der Waals surface area contributed by atoms with Crippen molar-refractivity contribution in [3.05, 3.63) is 65.0 Å². The van der Waals surface area contributed by atoms with Gasteiger partial charge in [-0.3, -0.25) is 9.69 Å². The molecule has 0 bridgehead atoms. The lowest BCUT2D eigenvalue weighted by Gasteiger charge is -2.34. The van der Waals surface area contributed by atoms with Gasteiger partial charge in [0.25, 0.3) is 5.91 Å². The highest BCUT2D eigenvalue weighted by atomic mass is 35.5. The molecule has 1 aliphatic rings. The molecule has 2 heterocycles. The second kappa shape index (κ2) is 10.6. The molecular weight excluding hydrogens is 428 g/mol. The van der Waals surface area contributed by atoms with Crippen LogP contribution in [-0.2, 0) is 11.2 Å². The van der Waals surface area contributed by atoms with Gasteiger partial charge in [-0.25, -0.2) is 0 Å². The zero-order chi connectivity index (χ0) is 22.3. The highest BCUT2D eigenvalue weighted by Crippen LogP contribution is 2.17. The monoisotopic (exact) mass is 454 g/mol. The molecule has 3 aromatic rings. The molecule has 1 aliphatic heterocycles. The Morgan fingerprint density at radius 1 is 1.06 bits per heavy atom. The average molecular weight is 455 g/mol. The van der Waals surface area contributed by atoms with Crippen LogP contribution >= 0.6 is 11.6 Å². The van der Waals surface area contributed by atoms with Gasteiger partial charge in [0.1, 0.15) is 5.75 Å². The Morgan fingerprint density at radius 2 is 1.78 bits per heavy atom. The maximum atomic E-state index is 12.4. The molecule has 168 valence electrons. The molecule has 0 aliphatic carbocycles. The molecule has 32 heavy (non-hydrogen) atoms. The number of piperazine rings is 1. The van der Waals surface area contributed by atoms with Gasteiger partial charge in [-0.1, -0.05) is 46.6 Å². The van der Waals surface area contributed by atoms with Crippen molar-refractivity contribution in [1.82, 2.24) is 19.9 Å². The summed E-state index contributed by atoms with van der Waals surface area (Å²) in [4.78, 5) is 21.1. The Hall–Kier alpha value is -2.90. The summed E-state index contributed by atoms with van der Waals surface area (Å²) in [5.41, 5.74) is 2.17. The second-order valence-electron chi connectivity index (χ2n) is 7.95. The summed E-state index contributed by atoms with van der Waals surface area (Å²) < 4.78 is 11.0. The minimum atomic E-state index is 0.00842. The summed E-state index contributed by atoms with van der Waals surface area (Å²) in [5.74, 6) is 1.95. The van der Waals surface area contributed by atoms with Crippen LogP contribution in [0.2, 0.25) is 5.02 Å². The van der Waals surface area contributed by atoms with E-state index in [0.29, 0.717) is 35.6 Å². The first kappa shape index (κ1) is 22.3. The van der Waals surface area contributed by atoms with Crippen molar-refractivity contribution >= 4 is 17.5 Å². The molecule has 0 radical (unpaired) electrons. The summed E-state index contributed by atoms with van der Waals surface area (Å²) in [7, 11) is 0. The molecule has 8 heteroatoms. The van der Waals surface area contributed by atoms with Gasteiger partial charge in [0.05, 0.1) is 0 Å². The summed E-state index contributed by atoms with van der Waals surface area (Å²) in [6, 6.07) is 15.1. The number of amides is 1. The van der Waals surface area contributed by atoms with Gasteiger partial charge in [0.15, 0.2) is 6.61 Å². The van der Waals surface area contributed by atoms with Crippen LogP contribution in [-0.4, -0.2) is 65.2 Å². The van der Waals surface area contributed by atoms with Crippen LogP contribution in [0, 0.1) is 6.92 Å². The highest BCUT2D eigenvalue weighted by Gasteiger charge is 2.21. The van der Waals surface area contributed by atoms with Crippen molar-refractivity contribution in [2.45, 2.75) is 19.8 Å². The fourth-order valence-corrected chi connectivity index (χ4v) is 3.74. The van der Waals surface area contributed by atoms with E-state index in [1.165, 1.54) is 5.56 Å². The molecule has 0 saturated carbocycles. The number of rotatable bonds is 8. The van der Waals surface area contributed by atoms with Crippen LogP contribution < -0.4 is 4.74 Å². The number of hydrogen-bond donors (Lipinski definition) is 0. The van der Waals surface area contributed by atoms with Crippen LogP contribution in [0.4, 0.5) is 0 Å². The van der Waals surface area contributed by atoms with E-state index in [9.17, 15) is 4.79 Å². The standard InChI is InChI=1S/C24H27ClN4O3/c1-18-4-6-19(7-5-18)24-26-22(32-27-24)3-2-12-28-13-15-29(16-14-28)23(30)17-31-21-10-8-20(25)9-11-21/h4-11H,2-3,12-17H2,1H3. The van der Waals surface area contributed by atoms with E-state index in [1.807, 2.05) is 29.2 Å². The molecule has 4 rings (SSSR count). The Kier molecular flexibility index (Phi) is 7.39. The molecule has 1 aromatic heterocycles. The first-order valence-corrected chi connectivity index (χ1v) is 11.2. The SMILES string of the molecule is Cc1ccc(-c2noc(CCCN3CCN(C(=O)COc4ccc(Cl)cc4)CC3)n2)cc1. The van der Waals surface area contributed by atoms with E-state index in [1.54, 1.807) is 24.3 Å². The number of aryl methyl sites for hydroxylation is 2. The zero-order valence-electron chi connectivity index (χ0n) is 18.2. The molecular formula is C24H27ClN4O3. The fourth-order valence-electron chi connectivity index (χ4n) is 3.62. The van der Waals surface area contributed by atoms with Gasteiger partial charge in [0, 0.05) is 43.2 Å². The van der Waals surface area contributed by atoms with Crippen LogP contribution in [0.3, 0.4) is 0 Å². The normalized spacial score (nSPS) is 14.5. The number of carbonyl (C=O) groups excluding carboxylic acids is 1. The van der Waals surface area contributed by atoms with Crippen molar-refractivity contribution in [3.63, 3.8) is 0 Å². The van der Waals surface area contributed by atoms with E-state index < -0.39 is 0 Å². The van der Waals surface area contributed by atoms with Crippen molar-refractivity contribution in [2.24, 2.45) is 0 Å². The quantitative estimate of drug-likeness (QED) is 0.514. The molecule has 1 amide bonds. The summed E-state index contributed by atoms with van der Waals surface area (Å²) >= 11 is 5.86. The zero-order valence-corrected chi connectivity index (χ0v) is 18.9. The lowest BCUT2D eigenvalue weighted by atomic mass is 10.1. The number of ether oxygens (including phenoxy) is 1. The second-order valence-corrected chi connectivity index (χ2v) is 8.38. The topological polar surface area (TPSA) is 71.7 Å². The molecule has 0 atom stereocenters. The summed E-state index contributed by atoms with van der Waals surface area (Å²) in [6.07, 6.45) is 1.68. The van der Waals surface area contributed by atoms with Gasteiger partial charge >= 0.3 is 0 Å². The van der Waals surface area contributed by atoms with Crippen molar-refractivity contribution in [3.8, 4) is 17.1 Å². The number of nitrogens with zero attached hydrogens (tertiary/aromatic N) is 4. The largest absolute Gasteiger partial charge is 0.484 e. The van der Waals surface area contributed by atoms with Crippen molar-refractivity contribution in [2.75, 3.05) is 39.3 Å². The summed E-state index contributed by atoms with van der Waals surface area (Å²) in [6.45, 7) is 6.15. The Morgan fingerprint density at radius 3 is 2.50 bits per heavy atom. The minimum Gasteiger partial charge on any atom is -0.484 e. The Labute approximate surface area is 192 Å². The number of hydrogen-bond acceptors (Lipinski definition) is 6. The van der Waals surface area contributed by atoms with Gasteiger partial charge in [-0.05, 0) is 44.2 Å². The Balaban J connectivity index is 1.15. The van der Waals surface area contributed by atoms with Crippen LogP contribution in [0.25, 0.3) is 11.4 Å². The lowest BCUT2D eigenvalue weighted by Crippen LogP contribution is -2.50. The maximum absolute atomic E-state index is 12.4. The third-order valence-electron chi connectivity index (χ3n) is 5.54. The highest BCUT2D eigenvalue weighted by molar-refractivity contribution is 6.30. The predicted molar refractivity (Wildman–Crippen MR) is 123 cm³/mol. The number of benzene rings is 2. The van der Waals surface area contributed by atoms with E-state index in [-0.39, 0.29) is 12.5 Å². The number of aromatic nitrogens is 2. The predicted octanol–water partition coefficient (Wildman–Crippen LogP) is 3.85. The summed E-state index contributed by atoms with van der Waals surface area (Å²) in [5, 5.41) is 4.74. The first-order valence-electron chi connectivity index (χ1n) is 10.8. The molecule has 0 N–H and O–H groups in total. The van der Waals surface area contributed by atoms with Crippen molar-refractivity contribution < 1.29 is 14.1 Å². The average Bonchev–Trinajstić information content (AvgIpc) is 3.28. The molecule has 0 spiro atoms. The molecule has 7 nitrogen and oxygen atoms in total. The first-order chi connectivity index (χ1) is 15.6. The molecule has 1 saturated heterocycles. The van der Waals surface area contributed by atoms with Gasteiger partial charge in [0.2, 0.25) is 11.7 Å². The minimum absolute atomic E-state index is 0.00842. The van der Waals surface area contributed by atoms with Crippen LogP contribution in [0.15, 0.2) is 53.1 Å². The van der Waals surface area contributed by atoms with E-state index >= 15 is 0 Å². The van der Waals surface area contributed by atoms with Gasteiger partial charge in [-0.2, -0.15) is 4.98 Å².